The Morgan fingerprint density at radius 2 is 1.79 bits per heavy atom. The van der Waals surface area contributed by atoms with Gasteiger partial charge in [0.1, 0.15) is 0 Å². The fourth-order valence-corrected chi connectivity index (χ4v) is 3.44. The van der Waals surface area contributed by atoms with Crippen LogP contribution in [0.2, 0.25) is 0 Å². The van der Waals surface area contributed by atoms with Gasteiger partial charge in [-0.05, 0) is 43.2 Å². The lowest BCUT2D eigenvalue weighted by molar-refractivity contribution is -0.141. The highest BCUT2D eigenvalue weighted by atomic mass is 16.4. The number of nitrogens with one attached hydrogen (secondary N) is 1. The molecule has 1 heterocycles. The highest BCUT2D eigenvalue weighted by Gasteiger charge is 2.30. The number of carboxylic acids is 1. The van der Waals surface area contributed by atoms with Gasteiger partial charge in [0.15, 0.2) is 0 Å². The topological polar surface area (TPSA) is 90.0 Å². The van der Waals surface area contributed by atoms with E-state index in [1.165, 1.54) is 4.90 Å². The van der Waals surface area contributed by atoms with Crippen LogP contribution in [0.4, 0.5) is 16.2 Å². The van der Waals surface area contributed by atoms with Gasteiger partial charge in [-0.1, -0.05) is 30.3 Å². The van der Waals surface area contributed by atoms with Crippen LogP contribution >= 0.6 is 0 Å². The Morgan fingerprint density at radius 3 is 2.38 bits per heavy atom. The van der Waals surface area contributed by atoms with Gasteiger partial charge in [0.2, 0.25) is 5.91 Å². The molecule has 29 heavy (non-hydrogen) atoms. The Bertz CT molecular complexity index is 867. The third kappa shape index (κ3) is 5.13. The molecule has 0 saturated carbocycles. The van der Waals surface area contributed by atoms with E-state index in [9.17, 15) is 14.4 Å². The molecule has 0 aliphatic carbocycles. The van der Waals surface area contributed by atoms with E-state index in [2.05, 4.69) is 5.32 Å². The van der Waals surface area contributed by atoms with Crippen LogP contribution in [0.1, 0.15) is 18.9 Å². The summed E-state index contributed by atoms with van der Waals surface area (Å²) in [5.74, 6) is -1.36. The van der Waals surface area contributed by atoms with Gasteiger partial charge >= 0.3 is 12.0 Å². The number of aliphatic carboxylic acids is 1. The summed E-state index contributed by atoms with van der Waals surface area (Å²) in [5.41, 5.74) is 2.34. The lowest BCUT2D eigenvalue weighted by atomic mass is 10.1. The van der Waals surface area contributed by atoms with Crippen LogP contribution in [0.15, 0.2) is 54.6 Å². The molecule has 1 aliphatic heterocycles. The van der Waals surface area contributed by atoms with E-state index < -0.39 is 11.9 Å². The summed E-state index contributed by atoms with van der Waals surface area (Å²) < 4.78 is 0. The number of likely N-dealkylation sites (tertiary alicyclic amines) is 1. The van der Waals surface area contributed by atoms with E-state index in [0.29, 0.717) is 25.2 Å². The number of anilines is 2. The Kier molecular flexibility index (Phi) is 6.49. The quantitative estimate of drug-likeness (QED) is 0.786. The minimum Gasteiger partial charge on any atom is -0.481 e. The van der Waals surface area contributed by atoms with Crippen molar-refractivity contribution < 1.29 is 19.5 Å². The van der Waals surface area contributed by atoms with E-state index in [1.54, 1.807) is 17.0 Å². The van der Waals surface area contributed by atoms with Gasteiger partial charge < -0.3 is 20.2 Å². The first kappa shape index (κ1) is 20.4. The monoisotopic (exact) mass is 395 g/mol. The van der Waals surface area contributed by atoms with Gasteiger partial charge in [-0.25, -0.2) is 4.79 Å². The zero-order valence-corrected chi connectivity index (χ0v) is 16.4. The average molecular weight is 395 g/mol. The summed E-state index contributed by atoms with van der Waals surface area (Å²) in [5, 5.41) is 11.8. The molecule has 1 unspecified atom stereocenters. The molecule has 0 aromatic heterocycles. The lowest BCUT2D eigenvalue weighted by Crippen LogP contribution is -2.33. The van der Waals surface area contributed by atoms with Crippen LogP contribution in [0, 0.1) is 5.92 Å². The second kappa shape index (κ2) is 9.23. The lowest BCUT2D eigenvalue weighted by Gasteiger charge is -2.21. The van der Waals surface area contributed by atoms with Crippen LogP contribution in [-0.2, 0) is 16.0 Å². The second-order valence-electron chi connectivity index (χ2n) is 7.05. The summed E-state index contributed by atoms with van der Waals surface area (Å²) >= 11 is 0. The van der Waals surface area contributed by atoms with Crippen molar-refractivity contribution in [2.24, 2.45) is 5.92 Å². The molecule has 3 rings (SSSR count). The minimum atomic E-state index is -0.869. The number of hydrogen-bond acceptors (Lipinski definition) is 3. The molecule has 2 N–H and O–H groups in total. The SMILES string of the molecule is CCN(C(=O)Cc1ccc(NC(=O)N2CCC(C(=O)O)C2)cc1)c1ccccc1. The first-order valence-corrected chi connectivity index (χ1v) is 9.71. The summed E-state index contributed by atoms with van der Waals surface area (Å²) in [6.45, 7) is 3.18. The number of amides is 3. The van der Waals surface area contributed by atoms with Crippen molar-refractivity contribution in [1.82, 2.24) is 4.90 Å². The van der Waals surface area contributed by atoms with Crippen molar-refractivity contribution in [3.8, 4) is 0 Å². The zero-order valence-electron chi connectivity index (χ0n) is 16.4. The number of carbonyl (C=O) groups is 3. The molecule has 0 bridgehead atoms. The molecule has 0 spiro atoms. The van der Waals surface area contributed by atoms with Gasteiger partial charge in [-0.15, -0.1) is 0 Å². The summed E-state index contributed by atoms with van der Waals surface area (Å²) in [7, 11) is 0. The Balaban J connectivity index is 1.56. The molecule has 152 valence electrons. The minimum absolute atomic E-state index is 0.00673. The zero-order chi connectivity index (χ0) is 20.8. The van der Waals surface area contributed by atoms with Gasteiger partial charge in [0.25, 0.3) is 0 Å². The van der Waals surface area contributed by atoms with E-state index in [1.807, 2.05) is 49.4 Å². The fourth-order valence-electron chi connectivity index (χ4n) is 3.44. The van der Waals surface area contributed by atoms with Crippen LogP contribution in [0.25, 0.3) is 0 Å². The molecule has 1 atom stereocenters. The normalized spacial score (nSPS) is 15.8. The van der Waals surface area contributed by atoms with Crippen molar-refractivity contribution in [2.45, 2.75) is 19.8 Å². The number of benzene rings is 2. The predicted octanol–water partition coefficient (Wildman–Crippen LogP) is 3.22. The Labute approximate surface area is 169 Å². The molecule has 1 fully saturated rings. The molecule has 7 heteroatoms. The van der Waals surface area contributed by atoms with Crippen molar-refractivity contribution in [1.29, 1.82) is 0 Å². The highest BCUT2D eigenvalue weighted by molar-refractivity contribution is 5.95. The van der Waals surface area contributed by atoms with E-state index >= 15 is 0 Å². The maximum Gasteiger partial charge on any atom is 0.321 e. The highest BCUT2D eigenvalue weighted by Crippen LogP contribution is 2.19. The predicted molar refractivity (Wildman–Crippen MR) is 111 cm³/mol. The number of nitrogens with zero attached hydrogens (tertiary/aromatic N) is 2. The van der Waals surface area contributed by atoms with Crippen molar-refractivity contribution in [2.75, 3.05) is 29.9 Å². The number of rotatable bonds is 6. The maximum atomic E-state index is 12.7. The first-order valence-electron chi connectivity index (χ1n) is 9.71. The molecule has 1 saturated heterocycles. The third-order valence-electron chi connectivity index (χ3n) is 5.07. The standard InChI is InChI=1S/C22H25N3O4/c1-2-25(19-6-4-3-5-7-19)20(26)14-16-8-10-18(11-9-16)23-22(29)24-13-12-17(15-24)21(27)28/h3-11,17H,2,12-15H2,1H3,(H,23,29)(H,27,28). The molecule has 1 aliphatic rings. The molecule has 2 aromatic carbocycles. The van der Waals surface area contributed by atoms with Crippen molar-refractivity contribution in [3.63, 3.8) is 0 Å². The molecular weight excluding hydrogens is 370 g/mol. The smallest absolute Gasteiger partial charge is 0.321 e. The molecule has 2 aromatic rings. The van der Waals surface area contributed by atoms with Crippen molar-refractivity contribution in [3.05, 3.63) is 60.2 Å². The molecule has 0 radical (unpaired) electrons. The van der Waals surface area contributed by atoms with Crippen LogP contribution in [0.3, 0.4) is 0 Å². The second-order valence-corrected chi connectivity index (χ2v) is 7.05. The van der Waals surface area contributed by atoms with Gasteiger partial charge in [0, 0.05) is 31.0 Å². The molecule has 7 nitrogen and oxygen atoms in total. The first-order chi connectivity index (χ1) is 14.0. The summed E-state index contributed by atoms with van der Waals surface area (Å²) in [4.78, 5) is 39.2. The van der Waals surface area contributed by atoms with Crippen LogP contribution < -0.4 is 10.2 Å². The number of para-hydroxylation sites is 1. The van der Waals surface area contributed by atoms with E-state index in [-0.39, 0.29) is 24.9 Å². The largest absolute Gasteiger partial charge is 0.481 e. The maximum absolute atomic E-state index is 12.7. The fraction of sp³-hybridized carbons (Fsp3) is 0.318. The Hall–Kier alpha value is -3.35. The number of carbonyl (C=O) groups excluding carboxylic acids is 2. The van der Waals surface area contributed by atoms with Gasteiger partial charge in [-0.2, -0.15) is 0 Å². The molecular formula is C22H25N3O4. The van der Waals surface area contributed by atoms with Crippen LogP contribution in [-0.4, -0.2) is 47.5 Å². The van der Waals surface area contributed by atoms with E-state index in [0.717, 1.165) is 11.3 Å². The average Bonchev–Trinajstić information content (AvgIpc) is 3.22. The van der Waals surface area contributed by atoms with E-state index in [4.69, 9.17) is 5.11 Å². The molecule has 3 amide bonds. The Morgan fingerprint density at radius 1 is 1.10 bits per heavy atom. The summed E-state index contributed by atoms with van der Waals surface area (Å²) in [6.07, 6.45) is 0.739. The number of likely N-dealkylation sites (N-methyl/N-ethyl adjacent to an activating group) is 1. The van der Waals surface area contributed by atoms with Crippen molar-refractivity contribution >= 4 is 29.3 Å². The summed E-state index contributed by atoms with van der Waals surface area (Å²) in [6, 6.07) is 16.4. The number of urea groups is 1. The third-order valence-corrected chi connectivity index (χ3v) is 5.07. The number of carboxylic acid groups (broad SMARTS) is 1. The van der Waals surface area contributed by atoms with Gasteiger partial charge in [-0.3, -0.25) is 9.59 Å². The number of hydrogen-bond donors (Lipinski definition) is 2. The van der Waals surface area contributed by atoms with Crippen LogP contribution in [0.5, 0.6) is 0 Å². The van der Waals surface area contributed by atoms with Gasteiger partial charge in [0.05, 0.1) is 12.3 Å².